The number of hydrogen-bond donors (Lipinski definition) is 2. The van der Waals surface area contributed by atoms with Crippen molar-refractivity contribution in [3.8, 4) is 21.9 Å². The molecule has 0 spiro atoms. The maximum atomic E-state index is 13.6. The van der Waals surface area contributed by atoms with E-state index in [1.807, 2.05) is 6.92 Å². The van der Waals surface area contributed by atoms with E-state index in [9.17, 15) is 18.0 Å². The number of nitrogens with one attached hydrogen (secondary N) is 1. The highest BCUT2D eigenvalue weighted by Gasteiger charge is 2.31. The summed E-state index contributed by atoms with van der Waals surface area (Å²) in [5, 5.41) is 11.3. The Hall–Kier alpha value is -4.52. The molecule has 188 valence electrons. The molecule has 5 rings (SSSR count). The van der Waals surface area contributed by atoms with Gasteiger partial charge in [-0.1, -0.05) is 22.6 Å². The molecule has 3 aromatic heterocycles. The number of amides is 1. The van der Waals surface area contributed by atoms with Crippen molar-refractivity contribution in [1.82, 2.24) is 29.5 Å². The number of carbonyl (C=O) groups is 1. The molecule has 9 nitrogen and oxygen atoms in total. The fourth-order valence-electron chi connectivity index (χ4n) is 3.66. The summed E-state index contributed by atoms with van der Waals surface area (Å²) >= 11 is 1.27. The third kappa shape index (κ3) is 5.07. The second-order valence-electron chi connectivity index (χ2n) is 8.26. The predicted molar refractivity (Wildman–Crippen MR) is 133 cm³/mol. The first-order valence-electron chi connectivity index (χ1n) is 10.9. The van der Waals surface area contributed by atoms with Crippen molar-refractivity contribution in [1.29, 1.82) is 0 Å². The molecule has 5 aromatic rings. The summed E-state index contributed by atoms with van der Waals surface area (Å²) in [7, 11) is 0. The average molecular weight is 525 g/mol. The number of thiazole rings is 1. The Labute approximate surface area is 212 Å². The third-order valence-corrected chi connectivity index (χ3v) is 6.35. The topological polar surface area (TPSA) is 117 Å². The molecule has 0 aliphatic carbocycles. The smallest absolute Gasteiger partial charge is 0.375 e. The Morgan fingerprint density at radius 3 is 2.57 bits per heavy atom. The number of benzene rings is 2. The molecule has 1 amide bonds. The molecule has 0 saturated heterocycles. The van der Waals surface area contributed by atoms with Crippen LogP contribution in [0.5, 0.6) is 0 Å². The number of aromatic nitrogens is 6. The fraction of sp³-hybridized carbons (Fsp3) is 0.125. The number of hydrogen-bond acceptors (Lipinski definition) is 7. The summed E-state index contributed by atoms with van der Waals surface area (Å²) < 4.78 is 43.7. The lowest BCUT2D eigenvalue weighted by molar-refractivity contribution is -0.137. The van der Waals surface area contributed by atoms with E-state index >= 15 is 0 Å². The van der Waals surface area contributed by atoms with Crippen molar-refractivity contribution in [2.24, 2.45) is 0 Å². The molecule has 0 aliphatic heterocycles. The summed E-state index contributed by atoms with van der Waals surface area (Å²) in [4.78, 5) is 21.9. The lowest BCUT2D eigenvalue weighted by atomic mass is 10.1. The summed E-state index contributed by atoms with van der Waals surface area (Å²) in [5.41, 5.74) is 7.85. The van der Waals surface area contributed by atoms with Crippen molar-refractivity contribution < 1.29 is 18.0 Å². The second kappa shape index (κ2) is 9.17. The Morgan fingerprint density at radius 2 is 1.89 bits per heavy atom. The van der Waals surface area contributed by atoms with Gasteiger partial charge in [0, 0.05) is 29.3 Å². The quantitative estimate of drug-likeness (QED) is 0.333. The molecule has 0 radical (unpaired) electrons. The molecule has 0 atom stereocenters. The van der Waals surface area contributed by atoms with Gasteiger partial charge in [-0.2, -0.15) is 13.2 Å². The number of anilines is 2. The molecule has 2 aromatic carbocycles. The van der Waals surface area contributed by atoms with Gasteiger partial charge in [-0.3, -0.25) is 4.79 Å². The molecular formula is C24H19F3N8OS. The molecule has 3 heterocycles. The minimum absolute atomic E-state index is 0.00544. The Bertz CT molecular complexity index is 1620. The van der Waals surface area contributed by atoms with Crippen LogP contribution >= 0.6 is 11.3 Å². The number of halogens is 3. The van der Waals surface area contributed by atoms with Crippen molar-refractivity contribution in [2.45, 2.75) is 20.0 Å². The van der Waals surface area contributed by atoms with E-state index in [1.54, 1.807) is 43.7 Å². The van der Waals surface area contributed by atoms with Gasteiger partial charge >= 0.3 is 6.18 Å². The van der Waals surface area contributed by atoms with Crippen LogP contribution in [-0.2, 0) is 6.18 Å². The van der Waals surface area contributed by atoms with Gasteiger partial charge < -0.3 is 15.6 Å². The van der Waals surface area contributed by atoms with E-state index in [4.69, 9.17) is 5.73 Å². The van der Waals surface area contributed by atoms with Gasteiger partial charge in [-0.05, 0) is 49.7 Å². The molecule has 0 bridgehead atoms. The van der Waals surface area contributed by atoms with Crippen LogP contribution in [0.15, 0.2) is 61.3 Å². The molecule has 3 N–H and O–H groups in total. The lowest BCUT2D eigenvalue weighted by Crippen LogP contribution is -2.15. The van der Waals surface area contributed by atoms with Gasteiger partial charge in [-0.25, -0.2) is 14.6 Å². The number of alkyl halides is 3. The monoisotopic (exact) mass is 524 g/mol. The number of imidazole rings is 1. The number of nitrogens with zero attached hydrogens (tertiary/aromatic N) is 6. The van der Waals surface area contributed by atoms with Crippen LogP contribution in [0.2, 0.25) is 0 Å². The highest BCUT2D eigenvalue weighted by molar-refractivity contribution is 7.18. The molecular weight excluding hydrogens is 505 g/mol. The molecule has 0 aliphatic rings. The zero-order valence-electron chi connectivity index (χ0n) is 19.5. The van der Waals surface area contributed by atoms with E-state index in [-0.39, 0.29) is 16.9 Å². The Kier molecular flexibility index (Phi) is 5.99. The minimum atomic E-state index is -4.60. The normalized spacial score (nSPS) is 11.6. The first-order valence-corrected chi connectivity index (χ1v) is 11.7. The van der Waals surface area contributed by atoms with Crippen LogP contribution in [0.1, 0.15) is 27.2 Å². The summed E-state index contributed by atoms with van der Waals surface area (Å²) in [5.74, 6) is -0.580. The summed E-state index contributed by atoms with van der Waals surface area (Å²) in [6.07, 6.45) is 1.69. The van der Waals surface area contributed by atoms with E-state index in [1.165, 1.54) is 33.0 Å². The van der Waals surface area contributed by atoms with Crippen LogP contribution in [0.25, 0.3) is 21.9 Å². The maximum Gasteiger partial charge on any atom is 0.416 e. The number of aryl methyl sites for hydroxylation is 2. The molecule has 0 saturated carbocycles. The first kappa shape index (κ1) is 24.2. The van der Waals surface area contributed by atoms with E-state index in [0.29, 0.717) is 22.2 Å². The maximum absolute atomic E-state index is 13.6. The summed E-state index contributed by atoms with van der Waals surface area (Å²) in [6.45, 7) is 3.57. The number of rotatable bonds is 5. The van der Waals surface area contributed by atoms with Gasteiger partial charge in [0.1, 0.15) is 5.69 Å². The average Bonchev–Trinajstić information content (AvgIpc) is 3.59. The lowest BCUT2D eigenvalue weighted by Gasteiger charge is -2.14. The number of carbonyl (C=O) groups excluding carboxylic acids is 1. The van der Waals surface area contributed by atoms with E-state index < -0.39 is 17.6 Å². The number of nitrogen functional groups attached to an aromatic ring is 1. The van der Waals surface area contributed by atoms with E-state index in [0.717, 1.165) is 22.6 Å². The largest absolute Gasteiger partial charge is 0.416 e. The Morgan fingerprint density at radius 1 is 1.08 bits per heavy atom. The van der Waals surface area contributed by atoms with Crippen LogP contribution in [-0.4, -0.2) is 35.4 Å². The summed E-state index contributed by atoms with van der Waals surface area (Å²) in [6, 6.07) is 8.25. The molecule has 0 unspecified atom stereocenters. The van der Waals surface area contributed by atoms with Gasteiger partial charge in [0.15, 0.2) is 5.13 Å². The highest BCUT2D eigenvalue weighted by atomic mass is 32.1. The molecule has 37 heavy (non-hydrogen) atoms. The third-order valence-electron chi connectivity index (χ3n) is 5.50. The molecule has 0 fully saturated rings. The van der Waals surface area contributed by atoms with Crippen LogP contribution < -0.4 is 11.1 Å². The van der Waals surface area contributed by atoms with Gasteiger partial charge in [0.05, 0.1) is 34.3 Å². The van der Waals surface area contributed by atoms with E-state index in [2.05, 4.69) is 25.6 Å². The Balaban J connectivity index is 1.45. The van der Waals surface area contributed by atoms with Crippen LogP contribution in [0, 0.1) is 13.8 Å². The predicted octanol–water partition coefficient (Wildman–Crippen LogP) is 5.05. The van der Waals surface area contributed by atoms with Crippen molar-refractivity contribution in [3.63, 3.8) is 0 Å². The number of nitrogens with two attached hydrogens (primary N) is 1. The van der Waals surface area contributed by atoms with Gasteiger partial charge in [0.25, 0.3) is 5.91 Å². The molecule has 13 heteroatoms. The standard InChI is InChI=1S/C24H19F3N8OS/c1-13-3-4-15(5-20(13)35-11-19(32-33-35)21-9-29-23(28)37-21)22(36)31-17-6-16(24(25,26)27)7-18(8-17)34-10-14(2)30-12-34/h3-12H,1-2H3,(H2,28,29)(H,31,36). The van der Waals surface area contributed by atoms with Crippen LogP contribution in [0.3, 0.4) is 0 Å². The second-order valence-corrected chi connectivity index (χ2v) is 9.32. The highest BCUT2D eigenvalue weighted by Crippen LogP contribution is 2.33. The van der Waals surface area contributed by atoms with Crippen LogP contribution in [0.4, 0.5) is 24.0 Å². The zero-order valence-corrected chi connectivity index (χ0v) is 20.3. The van der Waals surface area contributed by atoms with Gasteiger partial charge in [-0.15, -0.1) is 5.10 Å². The van der Waals surface area contributed by atoms with Crippen molar-refractivity contribution >= 4 is 28.1 Å². The van der Waals surface area contributed by atoms with Crippen molar-refractivity contribution in [3.05, 3.63) is 83.7 Å². The first-order chi connectivity index (χ1) is 17.6. The minimum Gasteiger partial charge on any atom is -0.375 e. The zero-order chi connectivity index (χ0) is 26.3. The SMILES string of the molecule is Cc1cn(-c2cc(NC(=O)c3ccc(C)c(-n4cc(-c5cnc(N)s5)nn4)c3)cc(C(F)(F)F)c2)cn1. The van der Waals surface area contributed by atoms with Gasteiger partial charge in [0.2, 0.25) is 0 Å². The fourth-order valence-corrected chi connectivity index (χ4v) is 4.29. The van der Waals surface area contributed by atoms with Crippen molar-refractivity contribution in [2.75, 3.05) is 11.1 Å².